The summed E-state index contributed by atoms with van der Waals surface area (Å²) >= 11 is 0. The third-order valence-electron chi connectivity index (χ3n) is 5.20. The van der Waals surface area contributed by atoms with Gasteiger partial charge < -0.3 is 23.1 Å². The molecule has 1 saturated carbocycles. The van der Waals surface area contributed by atoms with Crippen molar-refractivity contribution in [2.45, 2.75) is 43.9 Å². The van der Waals surface area contributed by atoms with E-state index in [4.69, 9.17) is 18.0 Å². The summed E-state index contributed by atoms with van der Waals surface area (Å²) in [4.78, 5) is 2.40. The highest BCUT2D eigenvalue weighted by Gasteiger charge is 2.40. The van der Waals surface area contributed by atoms with Crippen molar-refractivity contribution >= 4 is 8.80 Å². The molecule has 0 radical (unpaired) electrons. The molecule has 0 amide bonds. The lowest BCUT2D eigenvalue weighted by atomic mass is 9.81. The lowest BCUT2D eigenvalue weighted by Gasteiger charge is -2.42. The molecule has 7 heteroatoms. The quantitative estimate of drug-likeness (QED) is 0.705. The van der Waals surface area contributed by atoms with Crippen LogP contribution in [0.15, 0.2) is 0 Å². The zero-order chi connectivity index (χ0) is 16.0. The molecule has 1 aliphatic carbocycles. The Bertz CT molecular complexity index is 315. The molecule has 130 valence electrons. The van der Waals surface area contributed by atoms with Gasteiger partial charge in [0.1, 0.15) is 0 Å². The molecule has 3 unspecified atom stereocenters. The van der Waals surface area contributed by atoms with Crippen molar-refractivity contribution in [2.75, 3.05) is 47.6 Å². The van der Waals surface area contributed by atoms with E-state index in [1.807, 2.05) is 0 Å². The molecule has 0 bridgehead atoms. The molecule has 3 atom stereocenters. The summed E-state index contributed by atoms with van der Waals surface area (Å²) in [5, 5.41) is 10.4. The van der Waals surface area contributed by atoms with E-state index in [1.54, 1.807) is 21.3 Å². The summed E-state index contributed by atoms with van der Waals surface area (Å²) < 4.78 is 22.0. The van der Waals surface area contributed by atoms with E-state index in [0.29, 0.717) is 5.92 Å². The molecule has 1 aliphatic heterocycles. The van der Waals surface area contributed by atoms with Crippen LogP contribution in [0.4, 0.5) is 0 Å². The van der Waals surface area contributed by atoms with E-state index in [9.17, 15) is 5.11 Å². The summed E-state index contributed by atoms with van der Waals surface area (Å²) in [6.07, 6.45) is 3.83. The molecule has 0 aromatic carbocycles. The molecule has 1 saturated heterocycles. The molecule has 0 aromatic rings. The van der Waals surface area contributed by atoms with E-state index in [0.717, 1.165) is 58.0 Å². The van der Waals surface area contributed by atoms with Gasteiger partial charge in [-0.15, -0.1) is 0 Å². The van der Waals surface area contributed by atoms with Crippen molar-refractivity contribution in [3.05, 3.63) is 0 Å². The maximum atomic E-state index is 10.4. The topological polar surface area (TPSA) is 60.4 Å². The van der Waals surface area contributed by atoms with E-state index in [2.05, 4.69) is 4.90 Å². The largest absolute Gasteiger partial charge is 0.500 e. The normalized spacial score (nSPS) is 31.4. The van der Waals surface area contributed by atoms with E-state index in [-0.39, 0.29) is 12.1 Å². The van der Waals surface area contributed by atoms with Gasteiger partial charge in [-0.05, 0) is 31.6 Å². The van der Waals surface area contributed by atoms with Crippen molar-refractivity contribution < 1.29 is 23.1 Å². The van der Waals surface area contributed by atoms with Crippen LogP contribution in [-0.2, 0) is 18.0 Å². The number of hydrogen-bond donors (Lipinski definition) is 1. The molecule has 6 nitrogen and oxygen atoms in total. The van der Waals surface area contributed by atoms with Gasteiger partial charge in [-0.3, -0.25) is 4.90 Å². The zero-order valence-electron chi connectivity index (χ0n) is 14.1. The van der Waals surface area contributed by atoms with Gasteiger partial charge in [0.15, 0.2) is 0 Å². The second kappa shape index (κ2) is 8.72. The first-order chi connectivity index (χ1) is 10.6. The zero-order valence-corrected chi connectivity index (χ0v) is 15.1. The molecule has 22 heavy (non-hydrogen) atoms. The minimum atomic E-state index is -2.48. The van der Waals surface area contributed by atoms with Crippen LogP contribution >= 0.6 is 0 Å². The number of aliphatic hydroxyl groups is 1. The highest BCUT2D eigenvalue weighted by atomic mass is 28.4. The third-order valence-corrected chi connectivity index (χ3v) is 7.96. The number of ether oxygens (including phenoxy) is 1. The van der Waals surface area contributed by atoms with Crippen LogP contribution in [0.5, 0.6) is 0 Å². The Hall–Kier alpha value is -0.0231. The molecule has 2 aliphatic rings. The Morgan fingerprint density at radius 1 is 1.09 bits per heavy atom. The summed E-state index contributed by atoms with van der Waals surface area (Å²) in [6.45, 7) is 3.42. The predicted molar refractivity (Wildman–Crippen MR) is 85.7 cm³/mol. The van der Waals surface area contributed by atoms with Gasteiger partial charge in [0.05, 0.1) is 19.3 Å². The van der Waals surface area contributed by atoms with Gasteiger partial charge in [0.2, 0.25) is 0 Å². The molecule has 2 rings (SSSR count). The van der Waals surface area contributed by atoms with E-state index >= 15 is 0 Å². The highest BCUT2D eigenvalue weighted by molar-refractivity contribution is 6.60. The Kier molecular flexibility index (Phi) is 7.26. The first-order valence-corrected chi connectivity index (χ1v) is 10.2. The van der Waals surface area contributed by atoms with Crippen LogP contribution in [0, 0.1) is 5.92 Å². The Labute approximate surface area is 135 Å². The summed E-state index contributed by atoms with van der Waals surface area (Å²) in [5.41, 5.74) is 0. The standard InChI is InChI=1S/C15H31NO5Si/c1-18-22(19-2,20-3)11-6-13-4-5-15(17)14(12-13)16-7-9-21-10-8-16/h13-15,17H,4-12H2,1-3H3. The minimum Gasteiger partial charge on any atom is -0.391 e. The van der Waals surface area contributed by atoms with Crippen LogP contribution < -0.4 is 0 Å². The van der Waals surface area contributed by atoms with Crippen molar-refractivity contribution in [2.24, 2.45) is 5.92 Å². The first kappa shape index (κ1) is 18.3. The fourth-order valence-electron chi connectivity index (χ4n) is 3.72. The fraction of sp³-hybridized carbons (Fsp3) is 1.00. The molecule has 1 N–H and O–H groups in total. The van der Waals surface area contributed by atoms with Crippen LogP contribution in [0.1, 0.15) is 25.7 Å². The van der Waals surface area contributed by atoms with Gasteiger partial charge in [-0.1, -0.05) is 0 Å². The average molecular weight is 334 g/mol. The predicted octanol–water partition coefficient (Wildman–Crippen LogP) is 1.12. The molecule has 0 spiro atoms. The van der Waals surface area contributed by atoms with Crippen molar-refractivity contribution in [1.29, 1.82) is 0 Å². The molecular formula is C15H31NO5Si. The maximum Gasteiger partial charge on any atom is 0.500 e. The smallest absolute Gasteiger partial charge is 0.391 e. The van der Waals surface area contributed by atoms with Crippen LogP contribution in [0.2, 0.25) is 6.04 Å². The van der Waals surface area contributed by atoms with E-state index in [1.165, 1.54) is 0 Å². The summed E-state index contributed by atoms with van der Waals surface area (Å²) in [7, 11) is 2.53. The number of morpholine rings is 1. The Morgan fingerprint density at radius 2 is 1.73 bits per heavy atom. The maximum absolute atomic E-state index is 10.4. The number of hydrogen-bond acceptors (Lipinski definition) is 6. The molecule has 0 aromatic heterocycles. The average Bonchev–Trinajstić information content (AvgIpc) is 2.58. The van der Waals surface area contributed by atoms with Gasteiger partial charge >= 0.3 is 8.80 Å². The third kappa shape index (κ3) is 4.50. The molecule has 1 heterocycles. The van der Waals surface area contributed by atoms with Gasteiger partial charge in [0, 0.05) is 46.5 Å². The van der Waals surface area contributed by atoms with Crippen LogP contribution in [0.25, 0.3) is 0 Å². The number of aliphatic hydroxyl groups excluding tert-OH is 1. The fourth-order valence-corrected chi connectivity index (χ4v) is 5.59. The molecule has 2 fully saturated rings. The van der Waals surface area contributed by atoms with Gasteiger partial charge in [0.25, 0.3) is 0 Å². The Balaban J connectivity index is 1.87. The SMILES string of the molecule is CO[Si](CCC1CCC(O)C(N2CCOCC2)C1)(OC)OC. The summed E-state index contributed by atoms with van der Waals surface area (Å²) in [6, 6.07) is 1.11. The molecular weight excluding hydrogens is 302 g/mol. The van der Waals surface area contributed by atoms with Crippen LogP contribution in [-0.4, -0.2) is 78.6 Å². The first-order valence-electron chi connectivity index (χ1n) is 8.29. The minimum absolute atomic E-state index is 0.205. The lowest BCUT2D eigenvalue weighted by molar-refractivity contribution is -0.0456. The van der Waals surface area contributed by atoms with Crippen LogP contribution in [0.3, 0.4) is 0 Å². The highest BCUT2D eigenvalue weighted by Crippen LogP contribution is 2.33. The number of nitrogens with zero attached hydrogens (tertiary/aromatic N) is 1. The van der Waals surface area contributed by atoms with Crippen molar-refractivity contribution in [1.82, 2.24) is 4.90 Å². The number of rotatable bonds is 7. The van der Waals surface area contributed by atoms with E-state index < -0.39 is 8.80 Å². The monoisotopic (exact) mass is 333 g/mol. The Morgan fingerprint density at radius 3 is 2.32 bits per heavy atom. The second-order valence-electron chi connectivity index (χ2n) is 6.30. The van der Waals surface area contributed by atoms with Gasteiger partial charge in [-0.2, -0.15) is 0 Å². The van der Waals surface area contributed by atoms with Crippen molar-refractivity contribution in [3.63, 3.8) is 0 Å². The van der Waals surface area contributed by atoms with Crippen molar-refractivity contribution in [3.8, 4) is 0 Å². The second-order valence-corrected chi connectivity index (χ2v) is 9.39. The summed E-state index contributed by atoms with van der Waals surface area (Å²) in [5.74, 6) is 0.601. The lowest BCUT2D eigenvalue weighted by Crippen LogP contribution is -2.51. The van der Waals surface area contributed by atoms with Gasteiger partial charge in [-0.25, -0.2) is 0 Å².